The van der Waals surface area contributed by atoms with Crippen LogP contribution in [0.5, 0.6) is 23.0 Å². The van der Waals surface area contributed by atoms with Crippen molar-refractivity contribution in [1.82, 2.24) is 4.90 Å². The first-order chi connectivity index (χ1) is 19.7. The standard InChI is InChI=1S/C30H26F3NO7/c1-3-14-38-29(36)18-8-10-20(11-9-18)40-27-25(35)21-12-13-24-22(26(21)41-28(27)30(31,32)33)16-34(17-39-24)15-19-6-4-5-7-23(19)37-2/h4-13H,3,14-17H2,1-2H3. The van der Waals surface area contributed by atoms with Crippen LogP contribution in [0.2, 0.25) is 0 Å². The molecule has 0 saturated carbocycles. The van der Waals surface area contributed by atoms with Gasteiger partial charge in [0.1, 0.15) is 29.6 Å². The van der Waals surface area contributed by atoms with Crippen LogP contribution in [0, 0.1) is 0 Å². The zero-order chi connectivity index (χ0) is 29.1. The molecule has 1 aromatic heterocycles. The predicted molar refractivity (Wildman–Crippen MR) is 142 cm³/mol. The largest absolute Gasteiger partial charge is 0.496 e. The van der Waals surface area contributed by atoms with Gasteiger partial charge in [0.2, 0.25) is 11.2 Å². The summed E-state index contributed by atoms with van der Waals surface area (Å²) in [4.78, 5) is 27.3. The van der Waals surface area contributed by atoms with Crippen molar-refractivity contribution < 1.29 is 41.3 Å². The smallest absolute Gasteiger partial charge is 0.453 e. The van der Waals surface area contributed by atoms with Gasteiger partial charge in [-0.15, -0.1) is 0 Å². The van der Waals surface area contributed by atoms with E-state index in [0.717, 1.165) is 5.56 Å². The molecular weight excluding hydrogens is 543 g/mol. The molecule has 0 unspecified atom stereocenters. The van der Waals surface area contributed by atoms with E-state index in [1.54, 1.807) is 7.11 Å². The summed E-state index contributed by atoms with van der Waals surface area (Å²) in [6, 6.07) is 15.5. The third-order valence-corrected chi connectivity index (χ3v) is 6.45. The number of fused-ring (bicyclic) bond motifs is 3. The SMILES string of the molecule is CCCOC(=O)c1ccc(Oc2c(C(F)(F)F)oc3c4c(ccc3c2=O)OCN(Cc2ccccc2OC)C4)cc1. The number of para-hydroxylation sites is 1. The number of ether oxygens (including phenoxy) is 4. The predicted octanol–water partition coefficient (Wildman–Crippen LogP) is 6.53. The number of carbonyl (C=O) groups excluding carboxylic acids is 1. The minimum atomic E-state index is -5.04. The number of rotatable bonds is 8. The van der Waals surface area contributed by atoms with Crippen molar-refractivity contribution in [1.29, 1.82) is 0 Å². The second kappa shape index (κ2) is 11.5. The molecule has 0 N–H and O–H groups in total. The maximum atomic E-state index is 14.2. The van der Waals surface area contributed by atoms with Crippen LogP contribution in [0.3, 0.4) is 0 Å². The van der Waals surface area contributed by atoms with E-state index in [9.17, 15) is 22.8 Å². The van der Waals surface area contributed by atoms with Gasteiger partial charge in [-0.25, -0.2) is 4.79 Å². The normalized spacial score (nSPS) is 13.4. The molecule has 11 heteroatoms. The number of hydrogen-bond acceptors (Lipinski definition) is 8. The second-order valence-corrected chi connectivity index (χ2v) is 9.34. The highest BCUT2D eigenvalue weighted by Crippen LogP contribution is 2.41. The lowest BCUT2D eigenvalue weighted by Crippen LogP contribution is -2.32. The van der Waals surface area contributed by atoms with Crippen molar-refractivity contribution in [2.45, 2.75) is 32.6 Å². The molecule has 0 atom stereocenters. The zero-order valence-electron chi connectivity index (χ0n) is 22.2. The lowest BCUT2D eigenvalue weighted by Gasteiger charge is -2.29. The molecule has 0 fully saturated rings. The number of carbonyl (C=O) groups is 1. The Morgan fingerprint density at radius 1 is 1.05 bits per heavy atom. The Balaban J connectivity index is 1.50. The molecule has 5 rings (SSSR count). The van der Waals surface area contributed by atoms with Crippen LogP contribution in [-0.2, 0) is 24.0 Å². The van der Waals surface area contributed by atoms with Crippen LogP contribution in [0.25, 0.3) is 11.0 Å². The van der Waals surface area contributed by atoms with Crippen LogP contribution in [-0.4, -0.2) is 31.3 Å². The molecule has 4 aromatic rings. The van der Waals surface area contributed by atoms with E-state index in [2.05, 4.69) is 0 Å². The molecule has 0 amide bonds. The molecule has 41 heavy (non-hydrogen) atoms. The summed E-state index contributed by atoms with van der Waals surface area (Å²) >= 11 is 0. The number of benzene rings is 3. The van der Waals surface area contributed by atoms with Crippen molar-refractivity contribution in [2.75, 3.05) is 20.4 Å². The Morgan fingerprint density at radius 3 is 2.51 bits per heavy atom. The summed E-state index contributed by atoms with van der Waals surface area (Å²) < 4.78 is 69.7. The maximum Gasteiger partial charge on any atom is 0.453 e. The van der Waals surface area contributed by atoms with E-state index in [-0.39, 0.29) is 42.2 Å². The molecule has 214 valence electrons. The average Bonchev–Trinajstić information content (AvgIpc) is 2.97. The minimum Gasteiger partial charge on any atom is -0.496 e. The fraction of sp³-hybridized carbons (Fsp3) is 0.267. The Morgan fingerprint density at radius 2 is 1.80 bits per heavy atom. The highest BCUT2D eigenvalue weighted by Gasteiger charge is 2.41. The third kappa shape index (κ3) is 5.85. The summed E-state index contributed by atoms with van der Waals surface area (Å²) in [5.74, 6) is -2.26. The number of alkyl halides is 3. The molecule has 3 aromatic carbocycles. The van der Waals surface area contributed by atoms with Crippen molar-refractivity contribution in [3.63, 3.8) is 0 Å². The van der Waals surface area contributed by atoms with Gasteiger partial charge >= 0.3 is 12.1 Å². The molecule has 0 aliphatic carbocycles. The van der Waals surface area contributed by atoms with Gasteiger partial charge in [-0.2, -0.15) is 13.2 Å². The molecule has 0 spiro atoms. The molecule has 0 saturated heterocycles. The average molecular weight is 570 g/mol. The van der Waals surface area contributed by atoms with Crippen molar-refractivity contribution in [2.24, 2.45) is 0 Å². The fourth-order valence-corrected chi connectivity index (χ4v) is 4.50. The summed E-state index contributed by atoms with van der Waals surface area (Å²) in [7, 11) is 1.55. The Kier molecular flexibility index (Phi) is 7.89. The summed E-state index contributed by atoms with van der Waals surface area (Å²) in [5, 5.41) is -0.0887. The number of halogens is 3. The van der Waals surface area contributed by atoms with E-state index in [4.69, 9.17) is 23.4 Å². The summed E-state index contributed by atoms with van der Waals surface area (Å²) in [5.41, 5.74) is 0.144. The molecule has 2 heterocycles. The van der Waals surface area contributed by atoms with Crippen molar-refractivity contribution >= 4 is 16.9 Å². The van der Waals surface area contributed by atoms with Crippen LogP contribution in [0.15, 0.2) is 69.9 Å². The number of hydrogen-bond donors (Lipinski definition) is 0. The summed E-state index contributed by atoms with van der Waals surface area (Å²) in [6.07, 6.45) is -4.40. The Labute approximate surface area is 232 Å². The van der Waals surface area contributed by atoms with Gasteiger partial charge in [0.05, 0.1) is 30.2 Å². The van der Waals surface area contributed by atoms with Gasteiger partial charge in [-0.05, 0) is 48.9 Å². The molecule has 8 nitrogen and oxygen atoms in total. The Hall–Kier alpha value is -4.51. The fourth-order valence-electron chi connectivity index (χ4n) is 4.50. The Bertz CT molecular complexity index is 1630. The van der Waals surface area contributed by atoms with E-state index in [0.29, 0.717) is 30.0 Å². The molecule has 0 radical (unpaired) electrons. The molecule has 0 bridgehead atoms. The summed E-state index contributed by atoms with van der Waals surface area (Å²) in [6.45, 7) is 2.81. The first-order valence-corrected chi connectivity index (χ1v) is 12.8. The number of esters is 1. The number of methoxy groups -OCH3 is 1. The quantitative estimate of drug-likeness (QED) is 0.221. The van der Waals surface area contributed by atoms with Gasteiger partial charge in [-0.3, -0.25) is 9.69 Å². The molecule has 1 aliphatic heterocycles. The van der Waals surface area contributed by atoms with E-state index in [1.165, 1.54) is 36.4 Å². The lowest BCUT2D eigenvalue weighted by atomic mass is 10.1. The first-order valence-electron chi connectivity index (χ1n) is 12.8. The van der Waals surface area contributed by atoms with Crippen LogP contribution in [0.1, 0.15) is 40.6 Å². The number of nitrogens with zero attached hydrogens (tertiary/aromatic N) is 1. The monoisotopic (exact) mass is 569 g/mol. The van der Waals surface area contributed by atoms with Gasteiger partial charge in [0.25, 0.3) is 5.76 Å². The topological polar surface area (TPSA) is 87.4 Å². The highest BCUT2D eigenvalue weighted by atomic mass is 19.4. The van der Waals surface area contributed by atoms with Crippen LogP contribution >= 0.6 is 0 Å². The first kappa shape index (κ1) is 28.0. The molecular formula is C30H26F3NO7. The van der Waals surface area contributed by atoms with Gasteiger partial charge < -0.3 is 23.4 Å². The molecule has 1 aliphatic rings. The van der Waals surface area contributed by atoms with E-state index in [1.807, 2.05) is 36.1 Å². The van der Waals surface area contributed by atoms with Gasteiger partial charge in [0, 0.05) is 18.7 Å². The van der Waals surface area contributed by atoms with Gasteiger partial charge in [-0.1, -0.05) is 25.1 Å². The van der Waals surface area contributed by atoms with Crippen LogP contribution in [0.4, 0.5) is 13.2 Å². The van der Waals surface area contributed by atoms with Crippen molar-refractivity contribution in [3.05, 3.63) is 93.3 Å². The zero-order valence-corrected chi connectivity index (χ0v) is 22.2. The minimum absolute atomic E-state index is 0.0848. The second-order valence-electron chi connectivity index (χ2n) is 9.34. The third-order valence-electron chi connectivity index (χ3n) is 6.45. The maximum absolute atomic E-state index is 14.2. The highest BCUT2D eigenvalue weighted by molar-refractivity contribution is 5.89. The van der Waals surface area contributed by atoms with Crippen molar-refractivity contribution in [3.8, 4) is 23.0 Å². The van der Waals surface area contributed by atoms with Crippen LogP contribution < -0.4 is 19.6 Å². The van der Waals surface area contributed by atoms with E-state index >= 15 is 0 Å². The van der Waals surface area contributed by atoms with E-state index < -0.39 is 29.1 Å². The lowest BCUT2D eigenvalue weighted by molar-refractivity contribution is -0.154. The van der Waals surface area contributed by atoms with Gasteiger partial charge in [0.15, 0.2) is 0 Å².